The molecule has 86 valence electrons. The van der Waals surface area contributed by atoms with E-state index in [0.717, 1.165) is 17.0 Å². The molecule has 1 aromatic heterocycles. The van der Waals surface area contributed by atoms with Crippen molar-refractivity contribution in [2.75, 3.05) is 5.32 Å². The van der Waals surface area contributed by atoms with Crippen LogP contribution in [0.1, 0.15) is 10.6 Å². The van der Waals surface area contributed by atoms with Crippen molar-refractivity contribution in [1.82, 2.24) is 4.98 Å². The second-order valence-electron chi connectivity index (χ2n) is 3.24. The standard InChI is InChI=1S/C12H6N4OS/c13-6-9-11(17)16-10(7-14)18-12(9)15-8-4-2-1-3-5-8/h1-5,15H. The largest absolute Gasteiger partial charge is 0.346 e. The Morgan fingerprint density at radius 3 is 2.50 bits per heavy atom. The second-order valence-corrected chi connectivity index (χ2v) is 4.24. The van der Waals surface area contributed by atoms with Gasteiger partial charge in [0.1, 0.15) is 17.1 Å². The molecule has 0 atom stereocenters. The first kappa shape index (κ1) is 11.8. The fraction of sp³-hybridized carbons (Fsp3) is 0. The smallest absolute Gasteiger partial charge is 0.292 e. The summed E-state index contributed by atoms with van der Waals surface area (Å²) in [6, 6.07) is 12.7. The van der Waals surface area contributed by atoms with E-state index in [4.69, 9.17) is 10.5 Å². The molecule has 0 unspecified atom stereocenters. The lowest BCUT2D eigenvalue weighted by Crippen LogP contribution is -2.12. The average molecular weight is 254 g/mol. The van der Waals surface area contributed by atoms with Gasteiger partial charge < -0.3 is 5.32 Å². The number of aromatic nitrogens is 1. The van der Waals surface area contributed by atoms with Crippen LogP contribution in [-0.4, -0.2) is 4.98 Å². The molecule has 0 aliphatic heterocycles. The first-order chi connectivity index (χ1) is 8.74. The van der Waals surface area contributed by atoms with Gasteiger partial charge in [-0.15, -0.1) is 0 Å². The van der Waals surface area contributed by atoms with Crippen molar-refractivity contribution in [3.8, 4) is 12.1 Å². The predicted molar refractivity (Wildman–Crippen MR) is 67.5 cm³/mol. The summed E-state index contributed by atoms with van der Waals surface area (Å²) in [7, 11) is 0. The average Bonchev–Trinajstić information content (AvgIpc) is 2.39. The molecule has 0 aliphatic carbocycles. The third-order valence-electron chi connectivity index (χ3n) is 2.08. The fourth-order valence-electron chi connectivity index (χ4n) is 1.30. The Morgan fingerprint density at radius 1 is 1.17 bits per heavy atom. The lowest BCUT2D eigenvalue weighted by atomic mass is 10.3. The van der Waals surface area contributed by atoms with Crippen molar-refractivity contribution < 1.29 is 0 Å². The molecular weight excluding hydrogens is 248 g/mol. The van der Waals surface area contributed by atoms with Crippen LogP contribution in [0.2, 0.25) is 0 Å². The molecule has 0 bridgehead atoms. The molecule has 0 fully saturated rings. The quantitative estimate of drug-likeness (QED) is 0.885. The molecule has 1 N–H and O–H groups in total. The Labute approximate surface area is 107 Å². The maximum absolute atomic E-state index is 11.5. The van der Waals surface area contributed by atoms with Gasteiger partial charge in [0, 0.05) is 5.69 Å². The number of nitrogens with zero attached hydrogens (tertiary/aromatic N) is 3. The Balaban J connectivity index is 2.51. The van der Waals surface area contributed by atoms with Crippen LogP contribution in [0.4, 0.5) is 10.7 Å². The first-order valence-electron chi connectivity index (χ1n) is 4.92. The zero-order valence-corrected chi connectivity index (χ0v) is 9.86. The SMILES string of the molecule is N#Cc1nc(=O)c(C#N)c(Nc2ccccc2)s1. The minimum atomic E-state index is -0.689. The molecule has 2 aromatic rings. The van der Waals surface area contributed by atoms with Crippen molar-refractivity contribution in [2.24, 2.45) is 0 Å². The molecule has 0 saturated heterocycles. The summed E-state index contributed by atoms with van der Waals surface area (Å²) in [6.45, 7) is 0. The zero-order chi connectivity index (χ0) is 13.0. The minimum Gasteiger partial charge on any atom is -0.346 e. The van der Waals surface area contributed by atoms with Crippen molar-refractivity contribution >= 4 is 22.0 Å². The number of benzene rings is 1. The molecule has 18 heavy (non-hydrogen) atoms. The Morgan fingerprint density at radius 2 is 1.89 bits per heavy atom. The van der Waals surface area contributed by atoms with E-state index in [1.54, 1.807) is 24.3 Å². The van der Waals surface area contributed by atoms with Crippen LogP contribution in [0, 0.1) is 22.7 Å². The Bertz CT molecular complexity index is 710. The Hall–Kier alpha value is -2.70. The number of hydrogen-bond acceptors (Lipinski definition) is 6. The summed E-state index contributed by atoms with van der Waals surface area (Å²) in [5, 5.41) is 21.0. The number of rotatable bonds is 2. The van der Waals surface area contributed by atoms with Crippen molar-refractivity contribution in [3.05, 3.63) is 51.3 Å². The van der Waals surface area contributed by atoms with E-state index in [0.29, 0.717) is 5.00 Å². The molecule has 0 radical (unpaired) electrons. The van der Waals surface area contributed by atoms with Gasteiger partial charge in [-0.05, 0) is 12.1 Å². The van der Waals surface area contributed by atoms with E-state index in [1.807, 2.05) is 18.2 Å². The molecule has 2 rings (SSSR count). The molecule has 6 heteroatoms. The van der Waals surface area contributed by atoms with Gasteiger partial charge in [-0.2, -0.15) is 15.5 Å². The number of nitrogens with one attached hydrogen (secondary N) is 1. The van der Waals surface area contributed by atoms with Gasteiger partial charge in [0.2, 0.25) is 0 Å². The maximum Gasteiger partial charge on any atom is 0.292 e. The monoisotopic (exact) mass is 254 g/mol. The third kappa shape index (κ3) is 2.34. The van der Waals surface area contributed by atoms with Crippen LogP contribution < -0.4 is 10.9 Å². The van der Waals surface area contributed by atoms with Crippen molar-refractivity contribution in [1.29, 1.82) is 10.5 Å². The number of hydrogen-bond donors (Lipinski definition) is 1. The number of anilines is 2. The minimum absolute atomic E-state index is 0.0254. The fourth-order valence-corrected chi connectivity index (χ4v) is 2.07. The third-order valence-corrected chi connectivity index (χ3v) is 2.97. The van der Waals surface area contributed by atoms with E-state index < -0.39 is 5.56 Å². The summed E-state index contributed by atoms with van der Waals surface area (Å²) in [4.78, 5) is 15.0. The Kier molecular flexibility index (Phi) is 3.33. The van der Waals surface area contributed by atoms with Gasteiger partial charge >= 0.3 is 0 Å². The highest BCUT2D eigenvalue weighted by molar-refractivity contribution is 7.16. The summed E-state index contributed by atoms with van der Waals surface area (Å²) in [6.07, 6.45) is 0. The summed E-state index contributed by atoms with van der Waals surface area (Å²) >= 11 is 0.977. The summed E-state index contributed by atoms with van der Waals surface area (Å²) in [5.41, 5.74) is -0.0335. The molecule has 0 amide bonds. The highest BCUT2D eigenvalue weighted by Crippen LogP contribution is 2.23. The zero-order valence-electron chi connectivity index (χ0n) is 9.04. The summed E-state index contributed by atoms with van der Waals surface area (Å²) in [5.74, 6) is 0. The highest BCUT2D eigenvalue weighted by atomic mass is 32.1. The van der Waals surface area contributed by atoms with E-state index in [1.165, 1.54) is 0 Å². The highest BCUT2D eigenvalue weighted by Gasteiger charge is 2.11. The predicted octanol–water partition coefficient (Wildman–Crippen LogP) is 1.99. The molecule has 5 nitrogen and oxygen atoms in total. The molecule has 1 aromatic carbocycles. The lowest BCUT2D eigenvalue weighted by Gasteiger charge is -2.05. The van der Waals surface area contributed by atoms with Crippen molar-refractivity contribution in [2.45, 2.75) is 0 Å². The molecule has 1 heterocycles. The van der Waals surface area contributed by atoms with Crippen LogP contribution in [0.25, 0.3) is 0 Å². The van der Waals surface area contributed by atoms with Gasteiger partial charge in [0.25, 0.3) is 5.56 Å². The van der Waals surface area contributed by atoms with Gasteiger partial charge in [-0.1, -0.05) is 29.5 Å². The second kappa shape index (κ2) is 5.09. The van der Waals surface area contributed by atoms with E-state index in [9.17, 15) is 4.79 Å². The van der Waals surface area contributed by atoms with Crippen LogP contribution in [0.3, 0.4) is 0 Å². The van der Waals surface area contributed by atoms with Crippen LogP contribution >= 0.6 is 11.3 Å². The van der Waals surface area contributed by atoms with E-state index in [2.05, 4.69) is 10.3 Å². The molecule has 0 aliphatic rings. The number of nitriles is 2. The first-order valence-corrected chi connectivity index (χ1v) is 5.73. The maximum atomic E-state index is 11.5. The van der Waals surface area contributed by atoms with Gasteiger partial charge in [-0.3, -0.25) is 4.79 Å². The van der Waals surface area contributed by atoms with E-state index in [-0.39, 0.29) is 10.6 Å². The molecule has 0 spiro atoms. The van der Waals surface area contributed by atoms with Crippen LogP contribution in [0.5, 0.6) is 0 Å². The summed E-state index contributed by atoms with van der Waals surface area (Å²) < 4.78 is 0. The van der Waals surface area contributed by atoms with E-state index >= 15 is 0 Å². The van der Waals surface area contributed by atoms with Crippen molar-refractivity contribution in [3.63, 3.8) is 0 Å². The molecule has 0 saturated carbocycles. The topological polar surface area (TPSA) is 89.6 Å². The van der Waals surface area contributed by atoms with Crippen LogP contribution in [0.15, 0.2) is 35.1 Å². The van der Waals surface area contributed by atoms with Crippen LogP contribution in [-0.2, 0) is 0 Å². The number of para-hydroxylation sites is 1. The van der Waals surface area contributed by atoms with Gasteiger partial charge in [-0.25, -0.2) is 0 Å². The lowest BCUT2D eigenvalue weighted by molar-refractivity contribution is 1.22. The van der Waals surface area contributed by atoms with Gasteiger partial charge in [0.05, 0.1) is 0 Å². The normalized spacial score (nSPS) is 9.22. The van der Waals surface area contributed by atoms with Gasteiger partial charge in [0.15, 0.2) is 10.6 Å². The molecular formula is C12H6N4OS.